The van der Waals surface area contributed by atoms with Crippen molar-refractivity contribution in [3.8, 4) is 0 Å². The summed E-state index contributed by atoms with van der Waals surface area (Å²) in [5.41, 5.74) is -1.34. The predicted molar refractivity (Wildman–Crippen MR) is 92.2 cm³/mol. The van der Waals surface area contributed by atoms with Crippen molar-refractivity contribution < 1.29 is 36.3 Å². The second-order valence-corrected chi connectivity index (χ2v) is 7.75. The van der Waals surface area contributed by atoms with E-state index in [-0.39, 0.29) is 39.4 Å². The van der Waals surface area contributed by atoms with Gasteiger partial charge >= 0.3 is 18.1 Å². The van der Waals surface area contributed by atoms with E-state index in [9.17, 15) is 31.5 Å². The number of thioether (sulfide) groups is 1. The molecule has 2 atom stereocenters. The summed E-state index contributed by atoms with van der Waals surface area (Å²) in [5.74, 6) is -5.91. The Kier molecular flexibility index (Phi) is 5.33. The van der Waals surface area contributed by atoms with E-state index in [4.69, 9.17) is 4.74 Å². The van der Waals surface area contributed by atoms with E-state index in [0.29, 0.717) is 30.7 Å². The normalized spacial score (nSPS) is 22.2. The average molecular weight is 420 g/mol. The number of fused-ring (bicyclic) bond motifs is 2. The van der Waals surface area contributed by atoms with Gasteiger partial charge in [0.1, 0.15) is 5.76 Å². The number of halogens is 5. The van der Waals surface area contributed by atoms with Gasteiger partial charge in [-0.3, -0.25) is 4.79 Å². The third-order valence-electron chi connectivity index (χ3n) is 5.26. The van der Waals surface area contributed by atoms with Crippen LogP contribution in [0.3, 0.4) is 0 Å². The fourth-order valence-corrected chi connectivity index (χ4v) is 4.56. The number of benzene rings is 1. The maximum absolute atomic E-state index is 13.8. The summed E-state index contributed by atoms with van der Waals surface area (Å²) in [5, 5.41) is 0. The fraction of sp³-hybridized carbons (Fsp3) is 0.474. The summed E-state index contributed by atoms with van der Waals surface area (Å²) in [7, 11) is 0. The Morgan fingerprint density at radius 1 is 1.14 bits per heavy atom. The number of alkyl halides is 5. The molecule has 1 aromatic carbocycles. The smallest absolute Gasteiger partial charge is 0.427 e. The zero-order valence-corrected chi connectivity index (χ0v) is 15.8. The van der Waals surface area contributed by atoms with E-state index in [0.717, 1.165) is 12.5 Å². The van der Waals surface area contributed by atoms with E-state index in [1.807, 2.05) is 0 Å². The lowest BCUT2D eigenvalue weighted by Crippen LogP contribution is -2.34. The average Bonchev–Trinajstić information content (AvgIpc) is 3.04. The molecule has 28 heavy (non-hydrogen) atoms. The van der Waals surface area contributed by atoms with Crippen LogP contribution in [0.1, 0.15) is 40.7 Å². The lowest BCUT2D eigenvalue weighted by Gasteiger charge is -2.24. The summed E-state index contributed by atoms with van der Waals surface area (Å²) < 4.78 is 71.3. The molecule has 0 aliphatic heterocycles. The molecule has 3 nitrogen and oxygen atoms in total. The molecule has 1 fully saturated rings. The van der Waals surface area contributed by atoms with Crippen LogP contribution in [0.15, 0.2) is 28.9 Å². The molecule has 1 aromatic rings. The Morgan fingerprint density at radius 3 is 2.39 bits per heavy atom. The first-order valence-corrected chi connectivity index (χ1v) is 9.80. The highest BCUT2D eigenvalue weighted by Gasteiger charge is 2.59. The molecule has 0 spiro atoms. The fourth-order valence-electron chi connectivity index (χ4n) is 3.72. The molecule has 1 saturated carbocycles. The van der Waals surface area contributed by atoms with Crippen LogP contribution in [0.25, 0.3) is 0 Å². The number of rotatable bonds is 4. The molecule has 152 valence electrons. The van der Waals surface area contributed by atoms with Crippen LogP contribution < -0.4 is 0 Å². The summed E-state index contributed by atoms with van der Waals surface area (Å²) in [4.78, 5) is 24.2. The van der Waals surface area contributed by atoms with E-state index in [2.05, 4.69) is 0 Å². The van der Waals surface area contributed by atoms with Gasteiger partial charge in [0.15, 0.2) is 5.78 Å². The summed E-state index contributed by atoms with van der Waals surface area (Å²) in [6, 6.07) is 1.52. The third kappa shape index (κ3) is 3.44. The van der Waals surface area contributed by atoms with Crippen molar-refractivity contribution in [2.45, 2.75) is 43.2 Å². The first-order chi connectivity index (χ1) is 13.0. The van der Waals surface area contributed by atoms with Crippen molar-refractivity contribution in [2.24, 2.45) is 11.8 Å². The van der Waals surface area contributed by atoms with Crippen LogP contribution >= 0.6 is 11.8 Å². The first kappa shape index (κ1) is 20.8. The van der Waals surface area contributed by atoms with Crippen LogP contribution in [-0.2, 0) is 15.5 Å². The molecule has 2 aliphatic carbocycles. The second kappa shape index (κ2) is 7.17. The highest BCUT2D eigenvalue weighted by molar-refractivity contribution is 7.98. The Bertz CT molecular complexity index is 860. The number of esters is 1. The minimum atomic E-state index is -5.75. The van der Waals surface area contributed by atoms with Crippen molar-refractivity contribution in [3.05, 3.63) is 40.7 Å². The van der Waals surface area contributed by atoms with Gasteiger partial charge in [0.2, 0.25) is 0 Å². The number of carbonyl (C=O) groups excluding carboxylic acids is 2. The molecule has 9 heteroatoms. The minimum absolute atomic E-state index is 0.0223. The van der Waals surface area contributed by atoms with Crippen molar-refractivity contribution in [3.63, 3.8) is 0 Å². The Hall–Kier alpha value is -1.90. The molecule has 0 radical (unpaired) electrons. The predicted octanol–water partition coefficient (Wildman–Crippen LogP) is 5.41. The molecule has 3 rings (SSSR count). The van der Waals surface area contributed by atoms with Gasteiger partial charge in [-0.2, -0.15) is 22.0 Å². The number of allylic oxidation sites excluding steroid dienone is 2. The van der Waals surface area contributed by atoms with Crippen molar-refractivity contribution in [2.75, 3.05) is 6.26 Å². The molecule has 2 unspecified atom stereocenters. The quantitative estimate of drug-likeness (QED) is 0.371. The SMILES string of the molecule is CSc1c(C(F)(F)C(F)(F)F)ccc(C(=O)OC2=CC(=O)C3CCC2C3)c1C. The minimum Gasteiger partial charge on any atom is -0.427 e. The molecule has 0 aromatic heterocycles. The van der Waals surface area contributed by atoms with E-state index < -0.39 is 23.6 Å². The van der Waals surface area contributed by atoms with Crippen molar-refractivity contribution in [1.29, 1.82) is 0 Å². The van der Waals surface area contributed by atoms with Gasteiger partial charge in [0.25, 0.3) is 0 Å². The largest absolute Gasteiger partial charge is 0.458 e. The summed E-state index contributed by atoms with van der Waals surface area (Å²) in [6.45, 7) is 1.30. The van der Waals surface area contributed by atoms with Crippen LogP contribution in [0.2, 0.25) is 0 Å². The molecule has 0 heterocycles. The maximum Gasteiger partial charge on any atom is 0.458 e. The zero-order chi connectivity index (χ0) is 20.9. The van der Waals surface area contributed by atoms with Gasteiger partial charge in [0.05, 0.1) is 5.56 Å². The van der Waals surface area contributed by atoms with Gasteiger partial charge in [-0.25, -0.2) is 4.79 Å². The lowest BCUT2D eigenvalue weighted by molar-refractivity contribution is -0.290. The number of ketones is 1. The number of ether oxygens (including phenoxy) is 1. The second-order valence-electron chi connectivity index (χ2n) is 6.94. The molecular weight excluding hydrogens is 403 g/mol. The van der Waals surface area contributed by atoms with Crippen molar-refractivity contribution in [1.82, 2.24) is 0 Å². The molecule has 0 amide bonds. The highest BCUT2D eigenvalue weighted by Crippen LogP contribution is 2.48. The summed E-state index contributed by atoms with van der Waals surface area (Å²) >= 11 is 0.698. The van der Waals surface area contributed by atoms with Crippen LogP contribution in [0, 0.1) is 18.8 Å². The van der Waals surface area contributed by atoms with E-state index in [1.54, 1.807) is 0 Å². The molecule has 2 aliphatic rings. The van der Waals surface area contributed by atoms with E-state index in [1.165, 1.54) is 19.3 Å². The van der Waals surface area contributed by atoms with Crippen LogP contribution in [0.5, 0.6) is 0 Å². The van der Waals surface area contributed by atoms with Crippen LogP contribution in [-0.4, -0.2) is 24.2 Å². The Morgan fingerprint density at radius 2 is 1.79 bits per heavy atom. The van der Waals surface area contributed by atoms with Crippen molar-refractivity contribution >= 4 is 23.5 Å². The van der Waals surface area contributed by atoms with Gasteiger partial charge in [-0.15, -0.1) is 11.8 Å². The maximum atomic E-state index is 13.8. The zero-order valence-electron chi connectivity index (χ0n) is 15.0. The topological polar surface area (TPSA) is 43.4 Å². The number of hydrogen-bond acceptors (Lipinski definition) is 4. The molecule has 0 N–H and O–H groups in total. The third-order valence-corrected chi connectivity index (χ3v) is 6.19. The monoisotopic (exact) mass is 420 g/mol. The molecular formula is C19H17F5O3S. The lowest BCUT2D eigenvalue weighted by atomic mass is 9.93. The number of hydrogen-bond donors (Lipinski definition) is 0. The van der Waals surface area contributed by atoms with Gasteiger partial charge < -0.3 is 4.74 Å². The molecule has 0 saturated heterocycles. The molecule has 2 bridgehead atoms. The standard InChI is InChI=1S/C19H17F5O3S/c1-9-12(5-6-13(16(9)28-2)18(20,21)19(22,23)24)17(26)27-15-8-14(25)10-3-4-11(15)7-10/h5-6,8,10-11H,3-4,7H2,1-2H3. The Labute approximate surface area is 162 Å². The van der Waals surface area contributed by atoms with Crippen LogP contribution in [0.4, 0.5) is 22.0 Å². The van der Waals surface area contributed by atoms with E-state index >= 15 is 0 Å². The van der Waals surface area contributed by atoms with Gasteiger partial charge in [0, 0.05) is 28.4 Å². The first-order valence-electron chi connectivity index (χ1n) is 8.57. The highest BCUT2D eigenvalue weighted by atomic mass is 32.2. The Balaban J connectivity index is 1.93. The number of carbonyl (C=O) groups is 2. The van der Waals surface area contributed by atoms with Gasteiger partial charge in [-0.05, 0) is 44.1 Å². The van der Waals surface area contributed by atoms with Gasteiger partial charge in [-0.1, -0.05) is 6.07 Å². The summed E-state index contributed by atoms with van der Waals surface area (Å²) in [6.07, 6.45) is -1.07.